The van der Waals surface area contributed by atoms with Gasteiger partial charge in [-0.05, 0) is 68.4 Å². The van der Waals surface area contributed by atoms with Gasteiger partial charge in [-0.15, -0.1) is 0 Å². The van der Waals surface area contributed by atoms with Gasteiger partial charge in [0.1, 0.15) is 11.9 Å². The van der Waals surface area contributed by atoms with Crippen molar-refractivity contribution in [3.63, 3.8) is 0 Å². The van der Waals surface area contributed by atoms with Crippen molar-refractivity contribution >= 4 is 39.4 Å². The second-order valence-electron chi connectivity index (χ2n) is 10.5. The Balaban J connectivity index is 1.76. The van der Waals surface area contributed by atoms with Gasteiger partial charge in [-0.1, -0.05) is 24.3 Å². The highest BCUT2D eigenvalue weighted by Crippen LogP contribution is 2.22. The van der Waals surface area contributed by atoms with Crippen LogP contribution in [0, 0.1) is 11.3 Å². The van der Waals surface area contributed by atoms with Gasteiger partial charge in [-0.25, -0.2) is 13.2 Å². The summed E-state index contributed by atoms with van der Waals surface area (Å²) >= 11 is 0. The molecule has 13 nitrogen and oxygen atoms in total. The summed E-state index contributed by atoms with van der Waals surface area (Å²) in [6.07, 6.45) is 2.37. The number of sulfonamides is 1. The van der Waals surface area contributed by atoms with Crippen LogP contribution in [0.4, 0.5) is 10.5 Å². The number of benzene rings is 2. The van der Waals surface area contributed by atoms with Crippen LogP contribution >= 0.6 is 0 Å². The Labute approximate surface area is 252 Å². The fraction of sp³-hybridized carbons (Fsp3) is 0.448. The van der Waals surface area contributed by atoms with E-state index in [2.05, 4.69) is 20.7 Å². The van der Waals surface area contributed by atoms with E-state index in [0.29, 0.717) is 48.9 Å². The number of hydrogen-bond acceptors (Lipinski definition) is 7. The van der Waals surface area contributed by atoms with E-state index in [4.69, 9.17) is 16.9 Å². The molecule has 0 spiro atoms. The van der Waals surface area contributed by atoms with Crippen LogP contribution in [0.2, 0.25) is 0 Å². The van der Waals surface area contributed by atoms with E-state index < -0.39 is 16.1 Å². The zero-order valence-electron chi connectivity index (χ0n) is 24.4. The Kier molecular flexibility index (Phi) is 12.5. The number of nitrogen functional groups attached to an aromatic ring is 1. The van der Waals surface area contributed by atoms with Crippen LogP contribution < -0.4 is 32.1 Å². The molecule has 0 bridgehead atoms. The van der Waals surface area contributed by atoms with E-state index in [-0.39, 0.29) is 48.0 Å². The third-order valence-electron chi connectivity index (χ3n) is 7.17. The number of amides is 4. The van der Waals surface area contributed by atoms with Gasteiger partial charge in [0.15, 0.2) is 0 Å². The van der Waals surface area contributed by atoms with Crippen molar-refractivity contribution < 1.29 is 22.8 Å². The Bertz CT molecular complexity index is 1390. The minimum Gasteiger partial charge on any atom is -0.384 e. The molecule has 1 atom stereocenters. The normalized spacial score (nSPS) is 14.5. The average Bonchev–Trinajstić information content (AvgIpc) is 2.97. The Morgan fingerprint density at radius 1 is 1.07 bits per heavy atom. The second-order valence-corrected chi connectivity index (χ2v) is 12.2. The Morgan fingerprint density at radius 2 is 1.79 bits per heavy atom. The van der Waals surface area contributed by atoms with Crippen molar-refractivity contribution in [1.29, 1.82) is 5.41 Å². The number of anilines is 1. The summed E-state index contributed by atoms with van der Waals surface area (Å²) < 4.78 is 29.6. The average molecular weight is 615 g/mol. The van der Waals surface area contributed by atoms with Crippen LogP contribution in [-0.4, -0.2) is 75.8 Å². The van der Waals surface area contributed by atoms with Crippen LogP contribution in [-0.2, 0) is 26.0 Å². The van der Waals surface area contributed by atoms with Crippen LogP contribution in [0.15, 0.2) is 53.4 Å². The van der Waals surface area contributed by atoms with Gasteiger partial charge in [-0.2, -0.15) is 4.72 Å². The molecule has 0 saturated carbocycles. The molecule has 4 amide bonds. The summed E-state index contributed by atoms with van der Waals surface area (Å²) in [5.74, 6) is -0.511. The van der Waals surface area contributed by atoms with Gasteiger partial charge in [0.25, 0.3) is 0 Å². The van der Waals surface area contributed by atoms with Crippen LogP contribution in [0.5, 0.6) is 0 Å². The maximum atomic E-state index is 13.8. The van der Waals surface area contributed by atoms with E-state index in [9.17, 15) is 22.8 Å². The molecule has 2 aromatic carbocycles. The number of nitrogens with zero attached hydrogens (tertiary/aromatic N) is 1. The number of rotatable bonds is 14. The second kappa shape index (κ2) is 16.0. The third kappa shape index (κ3) is 10.3. The minimum atomic E-state index is -4.18. The number of nitrogens with two attached hydrogens (primary N) is 2. The quantitative estimate of drug-likeness (QED) is 0.121. The topological polar surface area (TPSA) is 213 Å². The van der Waals surface area contributed by atoms with E-state index >= 15 is 0 Å². The molecule has 3 rings (SSSR count). The first-order valence-electron chi connectivity index (χ1n) is 14.4. The summed E-state index contributed by atoms with van der Waals surface area (Å²) in [6, 6.07) is 11.2. The molecule has 0 aliphatic carbocycles. The lowest BCUT2D eigenvalue weighted by Gasteiger charge is -2.34. The molecular formula is C29H42N8O5S. The first-order valence-corrected chi connectivity index (χ1v) is 15.9. The smallest absolute Gasteiger partial charge is 0.314 e. The van der Waals surface area contributed by atoms with Gasteiger partial charge in [0.2, 0.25) is 21.8 Å². The number of carbonyl (C=O) groups excluding carboxylic acids is 3. The molecule has 1 heterocycles. The number of nitrogens with one attached hydrogen (secondary N) is 5. The zero-order chi connectivity index (χ0) is 31.4. The van der Waals surface area contributed by atoms with Gasteiger partial charge in [0, 0.05) is 50.4 Å². The summed E-state index contributed by atoms with van der Waals surface area (Å²) in [6.45, 7) is 4.00. The zero-order valence-corrected chi connectivity index (χ0v) is 25.2. The summed E-state index contributed by atoms with van der Waals surface area (Å²) in [5, 5.41) is 15.9. The fourth-order valence-electron chi connectivity index (χ4n) is 4.91. The van der Waals surface area contributed by atoms with Gasteiger partial charge >= 0.3 is 6.03 Å². The predicted molar refractivity (Wildman–Crippen MR) is 165 cm³/mol. The van der Waals surface area contributed by atoms with Crippen molar-refractivity contribution in [2.75, 3.05) is 38.0 Å². The molecule has 43 heavy (non-hydrogen) atoms. The van der Waals surface area contributed by atoms with Crippen molar-refractivity contribution in [3.8, 4) is 0 Å². The lowest BCUT2D eigenvalue weighted by Crippen LogP contribution is -2.51. The molecule has 0 radical (unpaired) electrons. The number of likely N-dealkylation sites (tertiary alicyclic amines) is 1. The van der Waals surface area contributed by atoms with Crippen molar-refractivity contribution in [3.05, 3.63) is 59.7 Å². The SMILES string of the molecule is CCNC(=O)NCCC1CCN(C(=O)[C@@H](Cc2cccc(C(=N)N)c2)NS(=O)(=O)c2cccc(NC(=O)CCN)c2)CC1. The number of urea groups is 1. The highest BCUT2D eigenvalue weighted by Gasteiger charge is 2.32. The maximum absolute atomic E-state index is 13.8. The van der Waals surface area contributed by atoms with E-state index in [1.165, 1.54) is 18.2 Å². The highest BCUT2D eigenvalue weighted by molar-refractivity contribution is 7.89. The first kappa shape index (κ1) is 33.5. The molecule has 9 N–H and O–H groups in total. The third-order valence-corrected chi connectivity index (χ3v) is 8.64. The van der Waals surface area contributed by atoms with Crippen LogP contribution in [0.25, 0.3) is 0 Å². The first-order chi connectivity index (χ1) is 20.5. The summed E-state index contributed by atoms with van der Waals surface area (Å²) in [4.78, 5) is 39.0. The largest absolute Gasteiger partial charge is 0.384 e. The molecule has 1 aliphatic heterocycles. The van der Waals surface area contributed by atoms with Gasteiger partial charge in [-0.3, -0.25) is 15.0 Å². The number of carbonyl (C=O) groups is 3. The molecule has 1 aliphatic rings. The molecule has 0 unspecified atom stereocenters. The van der Waals surface area contributed by atoms with Gasteiger partial charge < -0.3 is 32.3 Å². The molecule has 14 heteroatoms. The molecule has 1 fully saturated rings. The van der Waals surface area contributed by atoms with Gasteiger partial charge in [0.05, 0.1) is 4.90 Å². The van der Waals surface area contributed by atoms with Crippen molar-refractivity contribution in [2.24, 2.45) is 17.4 Å². The fourth-order valence-corrected chi connectivity index (χ4v) is 6.14. The van der Waals surface area contributed by atoms with E-state index in [1.54, 1.807) is 35.2 Å². The van der Waals surface area contributed by atoms with E-state index in [0.717, 1.165) is 19.3 Å². The van der Waals surface area contributed by atoms with Crippen molar-refractivity contribution in [2.45, 2.75) is 50.0 Å². The lowest BCUT2D eigenvalue weighted by molar-refractivity contribution is -0.134. The molecule has 1 saturated heterocycles. The molecule has 2 aromatic rings. The molecular weight excluding hydrogens is 572 g/mol. The number of hydrogen-bond donors (Lipinski definition) is 7. The van der Waals surface area contributed by atoms with Crippen molar-refractivity contribution in [1.82, 2.24) is 20.3 Å². The molecule has 234 valence electrons. The van der Waals surface area contributed by atoms with Crippen LogP contribution in [0.3, 0.4) is 0 Å². The standard InChI is InChI=1S/C29H42N8O5S/c1-2-33-29(40)34-14-10-20-11-15-37(16-12-20)28(39)25(18-21-5-3-6-22(17-21)27(31)32)36-43(41,42)24-8-4-7-23(19-24)35-26(38)9-13-30/h3-8,17,19-20,25,36H,2,9-16,18,30H2,1H3,(H3,31,32)(H,35,38)(H2,33,34,40)/t25-/m1/s1. The minimum absolute atomic E-state index is 0.0441. The van der Waals surface area contributed by atoms with Crippen LogP contribution in [0.1, 0.15) is 43.7 Å². The molecule has 0 aromatic heterocycles. The number of amidine groups is 1. The van der Waals surface area contributed by atoms with E-state index in [1.807, 2.05) is 6.92 Å². The maximum Gasteiger partial charge on any atom is 0.314 e. The summed E-state index contributed by atoms with van der Waals surface area (Å²) in [5.41, 5.74) is 12.5. The Hall–Kier alpha value is -4.01. The predicted octanol–water partition coefficient (Wildman–Crippen LogP) is 1.10. The lowest BCUT2D eigenvalue weighted by atomic mass is 9.93. The Morgan fingerprint density at radius 3 is 2.47 bits per heavy atom. The highest BCUT2D eigenvalue weighted by atomic mass is 32.2. The monoisotopic (exact) mass is 614 g/mol. The number of piperidine rings is 1. The summed E-state index contributed by atoms with van der Waals surface area (Å²) in [7, 11) is -4.18.